The Kier molecular flexibility index (Phi) is 5.25. The Morgan fingerprint density at radius 1 is 1.31 bits per heavy atom. The van der Waals surface area contributed by atoms with E-state index in [1.807, 2.05) is 0 Å². The minimum Gasteiger partial charge on any atom is -0.466 e. The number of rotatable bonds is 3. The molecule has 2 atom stereocenters. The highest BCUT2D eigenvalue weighted by atomic mass is 16.5. The number of hydrogen-bond acceptors (Lipinski definition) is 5. The summed E-state index contributed by atoms with van der Waals surface area (Å²) in [7, 11) is 0. The lowest BCUT2D eigenvalue weighted by Crippen LogP contribution is -2.43. The van der Waals surface area contributed by atoms with E-state index < -0.39 is 5.41 Å². The van der Waals surface area contributed by atoms with Crippen LogP contribution in [-0.4, -0.2) is 65.4 Å². The Morgan fingerprint density at radius 3 is 2.73 bits per heavy atom. The van der Waals surface area contributed by atoms with Crippen LogP contribution >= 0.6 is 0 Å². The van der Waals surface area contributed by atoms with Gasteiger partial charge in [-0.3, -0.25) is 19.4 Å². The van der Waals surface area contributed by atoms with Gasteiger partial charge in [0, 0.05) is 51.4 Å². The molecule has 1 aromatic heterocycles. The predicted octanol–water partition coefficient (Wildman–Crippen LogP) is 1.35. The van der Waals surface area contributed by atoms with Crippen molar-refractivity contribution in [1.82, 2.24) is 14.8 Å². The van der Waals surface area contributed by atoms with Crippen molar-refractivity contribution in [1.29, 1.82) is 0 Å². The van der Waals surface area contributed by atoms with Crippen LogP contribution in [-0.2, 0) is 14.3 Å². The maximum absolute atomic E-state index is 12.8. The molecule has 2 fully saturated rings. The molecule has 2 aliphatic heterocycles. The smallest absolute Gasteiger partial charge is 0.314 e. The fourth-order valence-corrected chi connectivity index (χ4v) is 4.14. The van der Waals surface area contributed by atoms with E-state index in [1.165, 1.54) is 6.92 Å². The third-order valence-electron chi connectivity index (χ3n) is 5.51. The minimum absolute atomic E-state index is 0.0492. The molecule has 1 aromatic rings. The van der Waals surface area contributed by atoms with Gasteiger partial charge in [0.2, 0.25) is 5.91 Å². The first-order valence-electron chi connectivity index (χ1n) is 9.10. The van der Waals surface area contributed by atoms with E-state index in [0.717, 1.165) is 0 Å². The van der Waals surface area contributed by atoms with Crippen LogP contribution in [0, 0.1) is 11.3 Å². The number of aromatic nitrogens is 1. The van der Waals surface area contributed by atoms with Crippen LogP contribution in [0.4, 0.5) is 0 Å². The molecule has 0 spiro atoms. The zero-order valence-electron chi connectivity index (χ0n) is 15.3. The van der Waals surface area contributed by atoms with Crippen LogP contribution in [0.3, 0.4) is 0 Å². The van der Waals surface area contributed by atoms with E-state index in [0.29, 0.717) is 51.2 Å². The van der Waals surface area contributed by atoms with E-state index in [-0.39, 0.29) is 23.7 Å². The molecule has 26 heavy (non-hydrogen) atoms. The fraction of sp³-hybridized carbons (Fsp3) is 0.579. The molecule has 0 radical (unpaired) electrons. The second kappa shape index (κ2) is 7.43. The second-order valence-electron chi connectivity index (χ2n) is 7.07. The van der Waals surface area contributed by atoms with Crippen LogP contribution < -0.4 is 0 Å². The van der Waals surface area contributed by atoms with E-state index in [1.54, 1.807) is 41.2 Å². The molecule has 3 rings (SSSR count). The number of carbonyl (C=O) groups excluding carboxylic acids is 3. The lowest BCUT2D eigenvalue weighted by molar-refractivity contribution is -0.157. The third-order valence-corrected chi connectivity index (χ3v) is 5.51. The van der Waals surface area contributed by atoms with Gasteiger partial charge in [0.1, 0.15) is 0 Å². The first-order valence-corrected chi connectivity index (χ1v) is 9.10. The minimum atomic E-state index is -0.717. The van der Waals surface area contributed by atoms with Crippen LogP contribution in [0.5, 0.6) is 0 Å². The lowest BCUT2D eigenvalue weighted by atomic mass is 9.75. The van der Waals surface area contributed by atoms with Crippen molar-refractivity contribution in [2.75, 3.05) is 32.8 Å². The van der Waals surface area contributed by atoms with Crippen molar-refractivity contribution in [3.8, 4) is 0 Å². The molecule has 0 unspecified atom stereocenters. The second-order valence-corrected chi connectivity index (χ2v) is 7.07. The van der Waals surface area contributed by atoms with Crippen LogP contribution in [0.15, 0.2) is 24.5 Å². The monoisotopic (exact) mass is 359 g/mol. The molecule has 0 saturated carbocycles. The number of nitrogens with zero attached hydrogens (tertiary/aromatic N) is 3. The third kappa shape index (κ3) is 3.30. The summed E-state index contributed by atoms with van der Waals surface area (Å²) in [6, 6.07) is 3.48. The lowest BCUT2D eigenvalue weighted by Gasteiger charge is -2.31. The summed E-state index contributed by atoms with van der Waals surface area (Å²) in [6.07, 6.45) is 4.51. The largest absolute Gasteiger partial charge is 0.466 e. The number of ether oxygens (including phenoxy) is 1. The summed E-state index contributed by atoms with van der Waals surface area (Å²) in [5.41, 5.74) is -0.177. The molecule has 2 amide bonds. The normalized spacial score (nSPS) is 25.4. The highest BCUT2D eigenvalue weighted by Gasteiger charge is 2.55. The molecule has 2 saturated heterocycles. The highest BCUT2D eigenvalue weighted by molar-refractivity contribution is 5.94. The molecule has 3 heterocycles. The van der Waals surface area contributed by atoms with Gasteiger partial charge in [0.25, 0.3) is 5.91 Å². The zero-order chi connectivity index (χ0) is 18.7. The van der Waals surface area contributed by atoms with Gasteiger partial charge in [-0.15, -0.1) is 0 Å². The summed E-state index contributed by atoms with van der Waals surface area (Å²) >= 11 is 0. The van der Waals surface area contributed by atoms with E-state index in [9.17, 15) is 14.4 Å². The molecule has 7 heteroatoms. The Labute approximate surface area is 153 Å². The van der Waals surface area contributed by atoms with Gasteiger partial charge in [0.05, 0.1) is 17.6 Å². The van der Waals surface area contributed by atoms with Crippen molar-refractivity contribution in [3.05, 3.63) is 30.1 Å². The number of carbonyl (C=O) groups is 3. The average Bonchev–Trinajstić information content (AvgIpc) is 2.91. The van der Waals surface area contributed by atoms with Gasteiger partial charge >= 0.3 is 5.97 Å². The van der Waals surface area contributed by atoms with Crippen LogP contribution in [0.1, 0.15) is 37.0 Å². The first-order chi connectivity index (χ1) is 12.5. The van der Waals surface area contributed by atoms with Crippen molar-refractivity contribution in [3.63, 3.8) is 0 Å². The quantitative estimate of drug-likeness (QED) is 0.761. The number of amides is 2. The van der Waals surface area contributed by atoms with Crippen molar-refractivity contribution < 1.29 is 19.1 Å². The summed E-state index contributed by atoms with van der Waals surface area (Å²) in [6.45, 7) is 5.50. The van der Waals surface area contributed by atoms with Crippen LogP contribution in [0.25, 0.3) is 0 Å². The van der Waals surface area contributed by atoms with Gasteiger partial charge in [-0.2, -0.15) is 0 Å². The summed E-state index contributed by atoms with van der Waals surface area (Å²) in [5.74, 6) is -0.496. The Bertz CT molecular complexity index is 693. The van der Waals surface area contributed by atoms with Gasteiger partial charge in [0.15, 0.2) is 0 Å². The number of esters is 1. The SMILES string of the molecule is CCOC(=O)[C@@]12CCCN(C(=O)c3cccnc3)C[C@@H]1CN(C(C)=O)C2. The average molecular weight is 359 g/mol. The van der Waals surface area contributed by atoms with Gasteiger partial charge < -0.3 is 14.5 Å². The van der Waals surface area contributed by atoms with E-state index in [4.69, 9.17) is 4.74 Å². The summed E-state index contributed by atoms with van der Waals surface area (Å²) in [4.78, 5) is 45.1. The first kappa shape index (κ1) is 18.4. The molecule has 0 aliphatic carbocycles. The molecule has 7 nitrogen and oxygen atoms in total. The van der Waals surface area contributed by atoms with Crippen molar-refractivity contribution in [2.45, 2.75) is 26.7 Å². The zero-order valence-corrected chi connectivity index (χ0v) is 15.3. The molecule has 0 N–H and O–H groups in total. The Morgan fingerprint density at radius 2 is 2.08 bits per heavy atom. The number of hydrogen-bond donors (Lipinski definition) is 0. The van der Waals surface area contributed by atoms with Gasteiger partial charge in [-0.25, -0.2) is 0 Å². The van der Waals surface area contributed by atoms with Gasteiger partial charge in [-0.1, -0.05) is 0 Å². The summed E-state index contributed by atoms with van der Waals surface area (Å²) < 4.78 is 5.36. The molecule has 0 bridgehead atoms. The highest BCUT2D eigenvalue weighted by Crippen LogP contribution is 2.44. The van der Waals surface area contributed by atoms with Crippen molar-refractivity contribution in [2.24, 2.45) is 11.3 Å². The van der Waals surface area contributed by atoms with E-state index in [2.05, 4.69) is 4.98 Å². The van der Waals surface area contributed by atoms with Gasteiger partial charge in [-0.05, 0) is 31.9 Å². The molecule has 0 aromatic carbocycles. The molecular formula is C19H25N3O4. The predicted molar refractivity (Wildman–Crippen MR) is 94.2 cm³/mol. The summed E-state index contributed by atoms with van der Waals surface area (Å²) in [5, 5.41) is 0. The Hall–Kier alpha value is -2.44. The molecule has 2 aliphatic rings. The number of likely N-dealkylation sites (tertiary alicyclic amines) is 2. The number of fused-ring (bicyclic) bond motifs is 1. The molecular weight excluding hydrogens is 334 g/mol. The fourth-order valence-electron chi connectivity index (χ4n) is 4.14. The van der Waals surface area contributed by atoms with E-state index >= 15 is 0 Å². The van der Waals surface area contributed by atoms with Crippen molar-refractivity contribution >= 4 is 17.8 Å². The molecule has 140 valence electrons. The maximum atomic E-state index is 12.8. The standard InChI is InChI=1S/C19H25N3O4/c1-3-26-18(25)19-7-5-9-21(17(24)15-6-4-8-20-10-15)11-16(19)12-22(13-19)14(2)23/h4,6,8,10,16H,3,5,7,9,11-13H2,1-2H3/t16-,19-/m1/s1. The topological polar surface area (TPSA) is 79.8 Å². The Balaban J connectivity index is 1.86. The number of pyridine rings is 1. The van der Waals surface area contributed by atoms with Crippen LogP contribution in [0.2, 0.25) is 0 Å². The maximum Gasteiger partial charge on any atom is 0.314 e.